The van der Waals surface area contributed by atoms with E-state index in [1.807, 2.05) is 12.1 Å². The number of hydrogen-bond donors (Lipinski definition) is 2. The van der Waals surface area contributed by atoms with Gasteiger partial charge in [-0.2, -0.15) is 0 Å². The first-order chi connectivity index (χ1) is 13.3. The summed E-state index contributed by atoms with van der Waals surface area (Å²) in [5, 5.41) is 20.9. The van der Waals surface area contributed by atoms with E-state index in [4.69, 9.17) is 0 Å². The molecule has 2 rings (SSSR count). The third kappa shape index (κ3) is 4.54. The van der Waals surface area contributed by atoms with Crippen LogP contribution in [-0.4, -0.2) is 10.2 Å². The second kappa shape index (κ2) is 9.49. The Bertz CT molecular complexity index is 741. The molecule has 0 fully saturated rings. The molecule has 0 aromatic heterocycles. The summed E-state index contributed by atoms with van der Waals surface area (Å²) in [6.45, 7) is 13.1. The fourth-order valence-electron chi connectivity index (χ4n) is 4.32. The lowest BCUT2D eigenvalue weighted by Crippen LogP contribution is -2.25. The molecule has 2 nitrogen and oxygen atoms in total. The highest BCUT2D eigenvalue weighted by Crippen LogP contribution is 2.42. The topological polar surface area (TPSA) is 40.5 Å². The zero-order valence-electron chi connectivity index (χ0n) is 18.7. The van der Waals surface area contributed by atoms with E-state index < -0.39 is 0 Å². The molecule has 0 bridgehead atoms. The van der Waals surface area contributed by atoms with Crippen molar-refractivity contribution in [1.82, 2.24) is 0 Å². The number of unbranched alkanes of at least 4 members (excludes halogenated alkanes) is 2. The number of phenols is 2. The van der Waals surface area contributed by atoms with Crippen LogP contribution in [0.1, 0.15) is 93.2 Å². The van der Waals surface area contributed by atoms with Gasteiger partial charge in [0, 0.05) is 5.41 Å². The first kappa shape index (κ1) is 22.3. The average Bonchev–Trinajstić information content (AvgIpc) is 2.66. The van der Waals surface area contributed by atoms with Crippen LogP contribution in [0.15, 0.2) is 24.3 Å². The molecule has 0 amide bonds. The van der Waals surface area contributed by atoms with Crippen LogP contribution in [0.25, 0.3) is 0 Å². The quantitative estimate of drug-likeness (QED) is 0.485. The monoisotopic (exact) mass is 382 g/mol. The third-order valence-electron chi connectivity index (χ3n) is 6.35. The number of aromatic hydroxyl groups is 2. The normalized spacial score (nSPS) is 11.8. The smallest absolute Gasteiger partial charge is 0.119 e. The Morgan fingerprint density at radius 3 is 1.43 bits per heavy atom. The minimum Gasteiger partial charge on any atom is -0.508 e. The summed E-state index contributed by atoms with van der Waals surface area (Å²) in [7, 11) is 0. The van der Waals surface area contributed by atoms with Gasteiger partial charge in [0.1, 0.15) is 11.5 Å². The number of hydrogen-bond acceptors (Lipinski definition) is 2. The molecule has 0 unspecified atom stereocenters. The van der Waals surface area contributed by atoms with Crippen molar-refractivity contribution in [3.63, 3.8) is 0 Å². The van der Waals surface area contributed by atoms with Crippen molar-refractivity contribution >= 4 is 0 Å². The van der Waals surface area contributed by atoms with Crippen molar-refractivity contribution in [3.05, 3.63) is 57.6 Å². The summed E-state index contributed by atoms with van der Waals surface area (Å²) in [6, 6.07) is 8.31. The van der Waals surface area contributed by atoms with Crippen molar-refractivity contribution in [2.24, 2.45) is 0 Å². The van der Waals surface area contributed by atoms with Crippen molar-refractivity contribution in [2.75, 3.05) is 0 Å². The van der Waals surface area contributed by atoms with Crippen LogP contribution in [0.2, 0.25) is 0 Å². The molecule has 0 radical (unpaired) electrons. The van der Waals surface area contributed by atoms with E-state index in [9.17, 15) is 10.2 Å². The molecule has 0 heterocycles. The van der Waals surface area contributed by atoms with E-state index in [1.54, 1.807) is 0 Å². The summed E-state index contributed by atoms with van der Waals surface area (Å²) < 4.78 is 0. The average molecular weight is 383 g/mol. The molecular weight excluding hydrogens is 344 g/mol. The Kier molecular flexibility index (Phi) is 7.57. The van der Waals surface area contributed by atoms with Crippen LogP contribution in [0.3, 0.4) is 0 Å². The Balaban J connectivity index is 2.61. The predicted octanol–water partition coefficient (Wildman–Crippen LogP) is 7.12. The van der Waals surface area contributed by atoms with Crippen LogP contribution in [0, 0.1) is 13.8 Å². The number of benzene rings is 2. The zero-order valence-corrected chi connectivity index (χ0v) is 18.7. The fraction of sp³-hybridized carbons (Fsp3) is 0.538. The summed E-state index contributed by atoms with van der Waals surface area (Å²) in [4.78, 5) is 0. The van der Waals surface area contributed by atoms with Gasteiger partial charge in [-0.25, -0.2) is 0 Å². The molecule has 2 aromatic carbocycles. The highest BCUT2D eigenvalue weighted by molar-refractivity contribution is 5.53. The van der Waals surface area contributed by atoms with Gasteiger partial charge in [-0.1, -0.05) is 52.7 Å². The molecule has 2 N–H and O–H groups in total. The number of rotatable bonds is 9. The van der Waals surface area contributed by atoms with Crippen LogP contribution in [-0.2, 0) is 18.3 Å². The lowest BCUT2D eigenvalue weighted by Gasteiger charge is -2.34. The van der Waals surface area contributed by atoms with E-state index in [0.29, 0.717) is 11.5 Å². The Morgan fingerprint density at radius 1 is 0.714 bits per heavy atom. The molecule has 0 saturated heterocycles. The second-order valence-corrected chi connectivity index (χ2v) is 8.48. The summed E-state index contributed by atoms with van der Waals surface area (Å²) in [6.07, 6.45) is 7.18. The lowest BCUT2D eigenvalue weighted by molar-refractivity contribution is 0.461. The van der Waals surface area contributed by atoms with Gasteiger partial charge in [-0.3, -0.25) is 0 Å². The molecule has 0 spiro atoms. The molecular formula is C26H38O2. The molecule has 0 saturated carbocycles. The Labute approximate surface area is 171 Å². The van der Waals surface area contributed by atoms with E-state index in [-0.39, 0.29) is 5.41 Å². The largest absolute Gasteiger partial charge is 0.508 e. The SMILES string of the molecule is CCCCc1cc(C(C)(CC)c2cc(CCCC)c(O)cc2C)c(C)cc1O. The van der Waals surface area contributed by atoms with Gasteiger partial charge in [-0.05, 0) is 91.5 Å². The first-order valence-corrected chi connectivity index (χ1v) is 10.9. The third-order valence-corrected chi connectivity index (χ3v) is 6.35. The van der Waals surface area contributed by atoms with Crippen molar-refractivity contribution in [1.29, 1.82) is 0 Å². The molecule has 2 aromatic rings. The summed E-state index contributed by atoms with van der Waals surface area (Å²) in [5.41, 5.74) is 6.77. The van der Waals surface area contributed by atoms with Crippen LogP contribution < -0.4 is 0 Å². The molecule has 0 atom stereocenters. The molecule has 2 heteroatoms. The molecule has 0 aliphatic heterocycles. The highest BCUT2D eigenvalue weighted by atomic mass is 16.3. The van der Waals surface area contributed by atoms with Crippen LogP contribution in [0.5, 0.6) is 11.5 Å². The molecule has 0 aliphatic rings. The van der Waals surface area contributed by atoms with Crippen LogP contribution >= 0.6 is 0 Å². The van der Waals surface area contributed by atoms with Gasteiger partial charge in [0.15, 0.2) is 0 Å². The lowest BCUT2D eigenvalue weighted by atomic mass is 9.70. The standard InChI is InChI=1S/C26H38O2/c1-7-10-12-20-16-22(18(4)14-24(20)27)26(6,9-3)23-17-21(13-11-8-2)25(28)15-19(23)5/h14-17,27-28H,7-13H2,1-6H3. The van der Waals surface area contributed by atoms with Gasteiger partial charge < -0.3 is 10.2 Å². The Morgan fingerprint density at radius 2 is 1.11 bits per heavy atom. The minimum atomic E-state index is -0.155. The van der Waals surface area contributed by atoms with Crippen molar-refractivity contribution < 1.29 is 10.2 Å². The molecule has 154 valence electrons. The van der Waals surface area contributed by atoms with E-state index >= 15 is 0 Å². The maximum atomic E-state index is 10.5. The minimum absolute atomic E-state index is 0.155. The van der Waals surface area contributed by atoms with Gasteiger partial charge in [0.25, 0.3) is 0 Å². The van der Waals surface area contributed by atoms with E-state index in [1.165, 1.54) is 11.1 Å². The predicted molar refractivity (Wildman–Crippen MR) is 120 cm³/mol. The second-order valence-electron chi connectivity index (χ2n) is 8.48. The fourth-order valence-corrected chi connectivity index (χ4v) is 4.32. The van der Waals surface area contributed by atoms with Gasteiger partial charge in [0.2, 0.25) is 0 Å². The van der Waals surface area contributed by atoms with Crippen molar-refractivity contribution in [2.45, 2.75) is 91.9 Å². The number of aryl methyl sites for hydroxylation is 4. The van der Waals surface area contributed by atoms with Gasteiger partial charge in [0.05, 0.1) is 0 Å². The van der Waals surface area contributed by atoms with Crippen molar-refractivity contribution in [3.8, 4) is 11.5 Å². The summed E-state index contributed by atoms with van der Waals surface area (Å²) >= 11 is 0. The zero-order chi connectivity index (χ0) is 20.9. The van der Waals surface area contributed by atoms with Gasteiger partial charge in [-0.15, -0.1) is 0 Å². The van der Waals surface area contributed by atoms with E-state index in [2.05, 4.69) is 53.7 Å². The maximum absolute atomic E-state index is 10.5. The maximum Gasteiger partial charge on any atom is 0.119 e. The molecule has 0 aliphatic carbocycles. The first-order valence-electron chi connectivity index (χ1n) is 10.9. The van der Waals surface area contributed by atoms with Gasteiger partial charge >= 0.3 is 0 Å². The number of phenolic OH excluding ortho intramolecular Hbond substituents is 2. The summed E-state index contributed by atoms with van der Waals surface area (Å²) in [5.74, 6) is 0.832. The van der Waals surface area contributed by atoms with Crippen LogP contribution in [0.4, 0.5) is 0 Å². The Hall–Kier alpha value is -1.96. The highest BCUT2D eigenvalue weighted by Gasteiger charge is 2.31. The molecule has 28 heavy (non-hydrogen) atoms. The van der Waals surface area contributed by atoms with E-state index in [0.717, 1.165) is 67.2 Å².